The van der Waals surface area contributed by atoms with Gasteiger partial charge >= 0.3 is 0 Å². The van der Waals surface area contributed by atoms with Crippen molar-refractivity contribution in [3.05, 3.63) is 59.1 Å². The molecule has 116 valence electrons. The molecule has 0 fully saturated rings. The summed E-state index contributed by atoms with van der Waals surface area (Å²) in [5.74, 6) is -0.551. The maximum Gasteiger partial charge on any atom is 0.264 e. The number of benzene rings is 2. The average Bonchev–Trinajstić information content (AvgIpc) is 2.48. The van der Waals surface area contributed by atoms with Crippen LogP contribution in [0.4, 0.5) is 5.69 Å². The second-order valence-electron chi connectivity index (χ2n) is 4.59. The number of hydrogen-bond acceptors (Lipinski definition) is 3. The summed E-state index contributed by atoms with van der Waals surface area (Å²) in [6.07, 6.45) is -0.0534. The highest BCUT2D eigenvalue weighted by molar-refractivity contribution is 9.10. The minimum Gasteiger partial charge on any atom is -0.370 e. The van der Waals surface area contributed by atoms with Crippen LogP contribution in [0.15, 0.2) is 64.0 Å². The lowest BCUT2D eigenvalue weighted by molar-refractivity contribution is -0.117. The molecule has 2 aromatic rings. The number of hydrogen-bond donors (Lipinski definition) is 1. The topological polar surface area (TPSA) is 80.5 Å². The van der Waals surface area contributed by atoms with Crippen molar-refractivity contribution in [1.82, 2.24) is 0 Å². The van der Waals surface area contributed by atoms with Crippen LogP contribution < -0.4 is 10.0 Å². The molecule has 2 N–H and O–H groups in total. The van der Waals surface area contributed by atoms with E-state index in [-0.39, 0.29) is 17.9 Å². The molecule has 0 atom stereocenters. The lowest BCUT2D eigenvalue weighted by Crippen LogP contribution is -2.34. The Balaban J connectivity index is 2.45. The third-order valence-electron chi connectivity index (χ3n) is 2.99. The van der Waals surface area contributed by atoms with Crippen LogP contribution in [0.1, 0.15) is 6.42 Å². The first kappa shape index (κ1) is 16.5. The molecule has 0 saturated carbocycles. The maximum atomic E-state index is 12.9. The number of nitrogens with zero attached hydrogens (tertiary/aromatic N) is 1. The second kappa shape index (κ2) is 6.93. The number of rotatable bonds is 6. The van der Waals surface area contributed by atoms with Crippen molar-refractivity contribution in [2.45, 2.75) is 11.3 Å². The highest BCUT2D eigenvalue weighted by atomic mass is 79.9. The van der Waals surface area contributed by atoms with Gasteiger partial charge in [0, 0.05) is 17.4 Å². The van der Waals surface area contributed by atoms with E-state index in [1.54, 1.807) is 42.5 Å². The third kappa shape index (κ3) is 3.86. The molecular weight excluding hydrogens is 368 g/mol. The normalized spacial score (nSPS) is 11.1. The maximum absolute atomic E-state index is 12.9. The summed E-state index contributed by atoms with van der Waals surface area (Å²) in [6, 6.07) is 15.1. The van der Waals surface area contributed by atoms with E-state index < -0.39 is 15.9 Å². The van der Waals surface area contributed by atoms with Gasteiger partial charge in [-0.15, -0.1) is 0 Å². The number of halogens is 1. The molecule has 0 aliphatic heterocycles. The van der Waals surface area contributed by atoms with Crippen LogP contribution in [0.3, 0.4) is 0 Å². The molecule has 0 heterocycles. The number of carbonyl (C=O) groups excluding carboxylic acids is 1. The Morgan fingerprint density at radius 2 is 1.77 bits per heavy atom. The van der Waals surface area contributed by atoms with Gasteiger partial charge in [0.05, 0.1) is 10.6 Å². The number of nitrogens with two attached hydrogens (primary N) is 1. The number of para-hydroxylation sites is 1. The van der Waals surface area contributed by atoms with E-state index in [2.05, 4.69) is 15.9 Å². The van der Waals surface area contributed by atoms with E-state index in [0.717, 1.165) is 0 Å². The zero-order valence-corrected chi connectivity index (χ0v) is 14.0. The Kier molecular flexibility index (Phi) is 5.20. The van der Waals surface area contributed by atoms with E-state index in [4.69, 9.17) is 5.73 Å². The molecular formula is C15H15BrN2O3S. The van der Waals surface area contributed by atoms with Crippen molar-refractivity contribution in [3.8, 4) is 0 Å². The molecule has 0 aromatic heterocycles. The van der Waals surface area contributed by atoms with Crippen LogP contribution >= 0.6 is 15.9 Å². The molecule has 0 spiro atoms. The minimum absolute atomic E-state index is 0.00576. The summed E-state index contributed by atoms with van der Waals surface area (Å²) in [6.45, 7) is -0.00576. The first-order chi connectivity index (χ1) is 10.4. The van der Waals surface area contributed by atoms with Crippen molar-refractivity contribution in [3.63, 3.8) is 0 Å². The highest BCUT2D eigenvalue weighted by Crippen LogP contribution is 2.25. The Bertz CT molecular complexity index is 763. The Morgan fingerprint density at radius 1 is 1.09 bits per heavy atom. The Hall–Kier alpha value is -1.86. The summed E-state index contributed by atoms with van der Waals surface area (Å²) in [5.41, 5.74) is 5.65. The van der Waals surface area contributed by atoms with Crippen molar-refractivity contribution < 1.29 is 13.2 Å². The van der Waals surface area contributed by atoms with Crippen LogP contribution in [-0.2, 0) is 14.8 Å². The lowest BCUT2D eigenvalue weighted by atomic mass is 10.3. The molecule has 7 heteroatoms. The monoisotopic (exact) mass is 382 g/mol. The van der Waals surface area contributed by atoms with E-state index in [1.807, 2.05) is 0 Å². The van der Waals surface area contributed by atoms with Crippen LogP contribution in [0.25, 0.3) is 0 Å². The lowest BCUT2D eigenvalue weighted by Gasteiger charge is -2.24. The van der Waals surface area contributed by atoms with Gasteiger partial charge in [0.25, 0.3) is 10.0 Å². The minimum atomic E-state index is -3.78. The van der Waals surface area contributed by atoms with Gasteiger partial charge < -0.3 is 5.73 Å². The third-order valence-corrected chi connectivity index (χ3v) is 5.31. The molecule has 0 bridgehead atoms. The average molecular weight is 383 g/mol. The molecule has 0 saturated heterocycles. The number of sulfonamides is 1. The Labute approximate surface area is 137 Å². The highest BCUT2D eigenvalue weighted by Gasteiger charge is 2.25. The predicted molar refractivity (Wildman–Crippen MR) is 88.9 cm³/mol. The van der Waals surface area contributed by atoms with Gasteiger partial charge in [0.2, 0.25) is 5.91 Å². The van der Waals surface area contributed by atoms with Crippen LogP contribution in [0.2, 0.25) is 0 Å². The molecule has 0 unspecified atom stereocenters. The van der Waals surface area contributed by atoms with E-state index in [0.29, 0.717) is 10.2 Å². The van der Waals surface area contributed by atoms with Crippen LogP contribution in [0, 0.1) is 0 Å². The molecule has 5 nitrogen and oxygen atoms in total. The number of amides is 1. The number of primary amides is 1. The fraction of sp³-hybridized carbons (Fsp3) is 0.133. The van der Waals surface area contributed by atoms with Crippen molar-refractivity contribution in [2.24, 2.45) is 5.73 Å². The zero-order valence-electron chi connectivity index (χ0n) is 11.6. The quantitative estimate of drug-likeness (QED) is 0.833. The fourth-order valence-electron chi connectivity index (χ4n) is 1.95. The SMILES string of the molecule is NC(=O)CCN(c1ccccc1)S(=O)(=O)c1cccc(Br)c1. The fourth-order valence-corrected chi connectivity index (χ4v) is 4.01. The first-order valence-electron chi connectivity index (χ1n) is 6.53. The van der Waals surface area contributed by atoms with Crippen molar-refractivity contribution in [1.29, 1.82) is 0 Å². The van der Waals surface area contributed by atoms with Gasteiger partial charge in [-0.25, -0.2) is 8.42 Å². The van der Waals surface area contributed by atoms with Gasteiger partial charge in [0.1, 0.15) is 0 Å². The van der Waals surface area contributed by atoms with Gasteiger partial charge in [-0.3, -0.25) is 9.10 Å². The van der Waals surface area contributed by atoms with Gasteiger partial charge in [-0.05, 0) is 30.3 Å². The molecule has 0 radical (unpaired) electrons. The summed E-state index contributed by atoms with van der Waals surface area (Å²) < 4.78 is 27.6. The number of carbonyl (C=O) groups is 1. The summed E-state index contributed by atoms with van der Waals surface area (Å²) in [4.78, 5) is 11.2. The first-order valence-corrected chi connectivity index (χ1v) is 8.76. The van der Waals surface area contributed by atoms with Crippen LogP contribution in [0.5, 0.6) is 0 Å². The van der Waals surface area contributed by atoms with Crippen molar-refractivity contribution >= 4 is 37.5 Å². The smallest absolute Gasteiger partial charge is 0.264 e. The van der Waals surface area contributed by atoms with Gasteiger partial charge in [0.15, 0.2) is 0 Å². The number of anilines is 1. The molecule has 1 amide bonds. The molecule has 2 aromatic carbocycles. The Morgan fingerprint density at radius 3 is 2.36 bits per heavy atom. The molecule has 22 heavy (non-hydrogen) atoms. The van der Waals surface area contributed by atoms with E-state index in [9.17, 15) is 13.2 Å². The molecule has 0 aliphatic rings. The second-order valence-corrected chi connectivity index (χ2v) is 7.36. The summed E-state index contributed by atoms with van der Waals surface area (Å²) in [7, 11) is -3.78. The van der Waals surface area contributed by atoms with Crippen LogP contribution in [-0.4, -0.2) is 20.9 Å². The summed E-state index contributed by atoms with van der Waals surface area (Å²) >= 11 is 3.27. The largest absolute Gasteiger partial charge is 0.370 e. The zero-order chi connectivity index (χ0) is 16.2. The van der Waals surface area contributed by atoms with E-state index >= 15 is 0 Å². The van der Waals surface area contributed by atoms with Gasteiger partial charge in [-0.1, -0.05) is 40.2 Å². The molecule has 2 rings (SSSR count). The predicted octanol–water partition coefficient (Wildman–Crippen LogP) is 2.52. The standard InChI is InChI=1S/C15H15BrN2O3S/c16-12-5-4-8-14(11-12)22(20,21)18(10-9-15(17)19)13-6-2-1-3-7-13/h1-8,11H,9-10H2,(H2,17,19). The van der Waals surface area contributed by atoms with Crippen molar-refractivity contribution in [2.75, 3.05) is 10.8 Å². The molecule has 0 aliphatic carbocycles. The van der Waals surface area contributed by atoms with Gasteiger partial charge in [-0.2, -0.15) is 0 Å². The summed E-state index contributed by atoms with van der Waals surface area (Å²) in [5, 5.41) is 0. The van der Waals surface area contributed by atoms with E-state index in [1.165, 1.54) is 16.4 Å².